The quantitative estimate of drug-likeness (QED) is 0.891. The summed E-state index contributed by atoms with van der Waals surface area (Å²) in [6.45, 7) is 6.91. The zero-order valence-corrected chi connectivity index (χ0v) is 11.8. The molecule has 18 heavy (non-hydrogen) atoms. The van der Waals surface area contributed by atoms with Crippen LogP contribution < -0.4 is 10.6 Å². The topological polar surface area (TPSA) is 29.3 Å². The molecule has 0 aliphatic carbocycles. The largest absolute Gasteiger partial charge is 0.366 e. The number of para-hydroxylation sites is 1. The summed E-state index contributed by atoms with van der Waals surface area (Å²) in [6.07, 6.45) is 0. The Morgan fingerprint density at radius 3 is 2.67 bits per heavy atom. The van der Waals surface area contributed by atoms with E-state index in [0.29, 0.717) is 6.54 Å². The van der Waals surface area contributed by atoms with Crippen LogP contribution in [-0.2, 0) is 13.1 Å². The summed E-state index contributed by atoms with van der Waals surface area (Å²) in [6, 6.07) is 10.7. The van der Waals surface area contributed by atoms with Crippen molar-refractivity contribution in [1.29, 1.82) is 0 Å². The van der Waals surface area contributed by atoms with Gasteiger partial charge in [0.1, 0.15) is 0 Å². The van der Waals surface area contributed by atoms with Gasteiger partial charge in [0.2, 0.25) is 0 Å². The van der Waals surface area contributed by atoms with Gasteiger partial charge in [0.25, 0.3) is 0 Å². The van der Waals surface area contributed by atoms with Gasteiger partial charge in [0.15, 0.2) is 0 Å². The fraction of sp³-hybridized carbons (Fsp3) is 0.333. The number of nitrogens with two attached hydrogens (primary N) is 1. The van der Waals surface area contributed by atoms with E-state index in [1.807, 2.05) is 11.3 Å². The molecule has 0 aliphatic heterocycles. The van der Waals surface area contributed by atoms with Gasteiger partial charge < -0.3 is 10.6 Å². The normalized spacial score (nSPS) is 10.6. The summed E-state index contributed by atoms with van der Waals surface area (Å²) in [5.41, 5.74) is 9.70. The number of rotatable bonds is 5. The number of hydrogen-bond acceptors (Lipinski definition) is 3. The molecule has 2 rings (SSSR count). The number of benzene rings is 1. The average Bonchev–Trinajstić information content (AvgIpc) is 2.89. The standard InChI is InChI=1S/C15H20N2S/c1-3-17(11-14-8-5-9-18-14)15-12(2)6-4-7-13(15)10-16/h4-9H,3,10-11,16H2,1-2H3. The van der Waals surface area contributed by atoms with Gasteiger partial charge in [-0.1, -0.05) is 24.3 Å². The lowest BCUT2D eigenvalue weighted by atomic mass is 10.1. The molecule has 0 unspecified atom stereocenters. The van der Waals surface area contributed by atoms with Gasteiger partial charge in [-0.05, 0) is 36.4 Å². The molecule has 0 aliphatic rings. The number of hydrogen-bond donors (Lipinski definition) is 1. The summed E-state index contributed by atoms with van der Waals surface area (Å²) >= 11 is 1.81. The van der Waals surface area contributed by atoms with Gasteiger partial charge in [-0.25, -0.2) is 0 Å². The second-order valence-corrected chi connectivity index (χ2v) is 5.41. The fourth-order valence-electron chi connectivity index (χ4n) is 2.28. The molecule has 3 heteroatoms. The van der Waals surface area contributed by atoms with Crippen LogP contribution in [0.1, 0.15) is 22.9 Å². The molecule has 1 heterocycles. The van der Waals surface area contributed by atoms with Gasteiger partial charge >= 0.3 is 0 Å². The summed E-state index contributed by atoms with van der Waals surface area (Å²) in [5.74, 6) is 0. The highest BCUT2D eigenvalue weighted by atomic mass is 32.1. The van der Waals surface area contributed by atoms with Gasteiger partial charge in [-0.3, -0.25) is 0 Å². The van der Waals surface area contributed by atoms with Crippen molar-refractivity contribution in [1.82, 2.24) is 0 Å². The zero-order valence-electron chi connectivity index (χ0n) is 11.0. The lowest BCUT2D eigenvalue weighted by Crippen LogP contribution is -2.24. The molecule has 2 N–H and O–H groups in total. The van der Waals surface area contributed by atoms with E-state index in [-0.39, 0.29) is 0 Å². The van der Waals surface area contributed by atoms with E-state index >= 15 is 0 Å². The van der Waals surface area contributed by atoms with Crippen molar-refractivity contribution in [2.24, 2.45) is 5.73 Å². The van der Waals surface area contributed by atoms with Crippen molar-refractivity contribution >= 4 is 17.0 Å². The molecule has 96 valence electrons. The van der Waals surface area contributed by atoms with E-state index in [1.165, 1.54) is 21.7 Å². The highest BCUT2D eigenvalue weighted by Gasteiger charge is 2.12. The summed E-state index contributed by atoms with van der Waals surface area (Å²) in [5, 5.41) is 2.13. The van der Waals surface area contributed by atoms with Crippen LogP contribution in [0.25, 0.3) is 0 Å². The van der Waals surface area contributed by atoms with Crippen LogP contribution in [0.3, 0.4) is 0 Å². The first-order valence-electron chi connectivity index (χ1n) is 6.32. The average molecular weight is 260 g/mol. The Bertz CT molecular complexity index is 491. The molecule has 2 aromatic rings. The van der Waals surface area contributed by atoms with Crippen molar-refractivity contribution in [3.8, 4) is 0 Å². The molecule has 0 amide bonds. The maximum absolute atomic E-state index is 5.86. The van der Waals surface area contributed by atoms with Crippen LogP contribution >= 0.6 is 11.3 Å². The smallest absolute Gasteiger partial charge is 0.0522 e. The van der Waals surface area contributed by atoms with Crippen LogP contribution in [0.5, 0.6) is 0 Å². The second-order valence-electron chi connectivity index (χ2n) is 4.38. The number of aryl methyl sites for hydroxylation is 1. The predicted molar refractivity (Wildman–Crippen MR) is 80.1 cm³/mol. The Labute approximate surface area is 113 Å². The van der Waals surface area contributed by atoms with Gasteiger partial charge in [-0.2, -0.15) is 0 Å². The Morgan fingerprint density at radius 2 is 2.06 bits per heavy atom. The van der Waals surface area contributed by atoms with Crippen LogP contribution in [0, 0.1) is 6.92 Å². The van der Waals surface area contributed by atoms with Gasteiger partial charge in [0.05, 0.1) is 6.54 Å². The van der Waals surface area contributed by atoms with Crippen LogP contribution in [0.2, 0.25) is 0 Å². The molecule has 1 aromatic heterocycles. The Kier molecular flexibility index (Phi) is 4.39. The number of anilines is 1. The summed E-state index contributed by atoms with van der Waals surface area (Å²) in [4.78, 5) is 3.80. The number of nitrogens with zero attached hydrogens (tertiary/aromatic N) is 1. The second kappa shape index (κ2) is 6.03. The first-order chi connectivity index (χ1) is 8.76. The van der Waals surface area contributed by atoms with E-state index in [2.05, 4.69) is 54.5 Å². The lowest BCUT2D eigenvalue weighted by molar-refractivity contribution is 0.826. The van der Waals surface area contributed by atoms with Crippen LogP contribution in [0.15, 0.2) is 35.7 Å². The monoisotopic (exact) mass is 260 g/mol. The molecule has 0 bridgehead atoms. The van der Waals surface area contributed by atoms with Gasteiger partial charge in [0, 0.05) is 23.7 Å². The molecule has 0 saturated carbocycles. The Hall–Kier alpha value is -1.32. The van der Waals surface area contributed by atoms with Crippen LogP contribution in [-0.4, -0.2) is 6.54 Å². The summed E-state index contributed by atoms with van der Waals surface area (Å²) in [7, 11) is 0. The predicted octanol–water partition coefficient (Wildman–Crippen LogP) is 3.54. The molecular weight excluding hydrogens is 240 g/mol. The third kappa shape index (κ3) is 2.74. The van der Waals surface area contributed by atoms with E-state index in [1.54, 1.807) is 0 Å². The molecule has 0 fully saturated rings. The molecule has 0 saturated heterocycles. The van der Waals surface area contributed by atoms with Crippen molar-refractivity contribution < 1.29 is 0 Å². The van der Waals surface area contributed by atoms with Crippen molar-refractivity contribution in [2.75, 3.05) is 11.4 Å². The third-order valence-electron chi connectivity index (χ3n) is 3.17. The SMILES string of the molecule is CCN(Cc1cccs1)c1c(C)cccc1CN. The molecule has 2 nitrogen and oxygen atoms in total. The van der Waals surface area contributed by atoms with E-state index in [0.717, 1.165) is 13.1 Å². The van der Waals surface area contributed by atoms with E-state index in [9.17, 15) is 0 Å². The number of thiophene rings is 1. The Balaban J connectivity index is 2.32. The lowest BCUT2D eigenvalue weighted by Gasteiger charge is -2.27. The van der Waals surface area contributed by atoms with E-state index < -0.39 is 0 Å². The molecular formula is C15H20N2S. The molecule has 0 radical (unpaired) electrons. The van der Waals surface area contributed by atoms with Crippen LogP contribution in [0.4, 0.5) is 5.69 Å². The molecule has 1 aromatic carbocycles. The first-order valence-corrected chi connectivity index (χ1v) is 7.20. The maximum Gasteiger partial charge on any atom is 0.0522 e. The van der Waals surface area contributed by atoms with Gasteiger partial charge in [-0.15, -0.1) is 11.3 Å². The minimum atomic E-state index is 0.595. The molecule has 0 spiro atoms. The van der Waals surface area contributed by atoms with E-state index in [4.69, 9.17) is 5.73 Å². The highest BCUT2D eigenvalue weighted by molar-refractivity contribution is 7.09. The molecule has 0 atom stereocenters. The van der Waals surface area contributed by atoms with Crippen molar-refractivity contribution in [2.45, 2.75) is 26.9 Å². The fourth-order valence-corrected chi connectivity index (χ4v) is 3.00. The highest BCUT2D eigenvalue weighted by Crippen LogP contribution is 2.27. The third-order valence-corrected chi connectivity index (χ3v) is 4.03. The minimum Gasteiger partial charge on any atom is -0.366 e. The summed E-state index contributed by atoms with van der Waals surface area (Å²) < 4.78 is 0. The first kappa shape index (κ1) is 13.1. The zero-order chi connectivity index (χ0) is 13.0. The van der Waals surface area contributed by atoms with Crippen molar-refractivity contribution in [3.05, 3.63) is 51.7 Å². The Morgan fingerprint density at radius 1 is 1.22 bits per heavy atom. The van der Waals surface area contributed by atoms with Crippen molar-refractivity contribution in [3.63, 3.8) is 0 Å². The minimum absolute atomic E-state index is 0.595. The maximum atomic E-state index is 5.86.